The van der Waals surface area contributed by atoms with Crippen LogP contribution in [0.2, 0.25) is 0 Å². The van der Waals surface area contributed by atoms with Gasteiger partial charge in [0, 0.05) is 12.1 Å². The van der Waals surface area contributed by atoms with Crippen molar-refractivity contribution in [2.24, 2.45) is 0 Å². The molecule has 2 aliphatic rings. The highest BCUT2D eigenvalue weighted by molar-refractivity contribution is 5.78. The highest BCUT2D eigenvalue weighted by atomic mass is 16.5. The van der Waals surface area contributed by atoms with E-state index in [-0.39, 0.29) is 17.9 Å². The number of carbonyl (C=O) groups excluding carboxylic acids is 1. The smallest absolute Gasteiger partial charge is 0.261 e. The van der Waals surface area contributed by atoms with Gasteiger partial charge in [-0.3, -0.25) is 4.79 Å². The van der Waals surface area contributed by atoms with Crippen molar-refractivity contribution in [2.45, 2.75) is 109 Å². The lowest BCUT2D eigenvalue weighted by atomic mass is 9.85. The summed E-state index contributed by atoms with van der Waals surface area (Å²) in [5.74, 6) is 1.05. The average Bonchev–Trinajstić information content (AvgIpc) is 2.68. The molecule has 0 spiro atoms. The number of benzene rings is 1. The van der Waals surface area contributed by atoms with E-state index in [9.17, 15) is 4.79 Å². The highest BCUT2D eigenvalue weighted by Crippen LogP contribution is 2.33. The third-order valence-corrected chi connectivity index (χ3v) is 6.52. The Balaban J connectivity index is 1.73. The van der Waals surface area contributed by atoms with Gasteiger partial charge < -0.3 is 9.64 Å². The molecule has 3 rings (SSSR count). The molecule has 0 aromatic heterocycles. The predicted octanol–water partition coefficient (Wildman–Crippen LogP) is 6.17. The van der Waals surface area contributed by atoms with Crippen LogP contribution in [0.25, 0.3) is 0 Å². The fourth-order valence-corrected chi connectivity index (χ4v) is 4.99. The molecule has 28 heavy (non-hydrogen) atoms. The van der Waals surface area contributed by atoms with Gasteiger partial charge in [-0.2, -0.15) is 0 Å². The van der Waals surface area contributed by atoms with Gasteiger partial charge in [-0.05, 0) is 49.7 Å². The number of nitrogens with zero attached hydrogens (tertiary/aromatic N) is 1. The number of aryl methyl sites for hydroxylation is 1. The lowest BCUT2D eigenvalue weighted by Crippen LogP contribution is -2.50. The van der Waals surface area contributed by atoms with Gasteiger partial charge in [-0.15, -0.1) is 0 Å². The third kappa shape index (κ3) is 5.30. The molecule has 1 amide bonds. The number of ether oxygens (including phenoxy) is 1. The van der Waals surface area contributed by atoms with E-state index in [2.05, 4.69) is 44.7 Å². The molecule has 1 aromatic carbocycles. The Kier molecular flexibility index (Phi) is 7.06. The van der Waals surface area contributed by atoms with Crippen LogP contribution >= 0.6 is 0 Å². The second-order valence-electron chi connectivity index (χ2n) is 9.92. The first-order chi connectivity index (χ1) is 13.4. The molecular weight excluding hydrogens is 346 g/mol. The quantitative estimate of drug-likeness (QED) is 0.607. The minimum Gasteiger partial charge on any atom is -0.483 e. The van der Waals surface area contributed by atoms with E-state index < -0.39 is 0 Å². The van der Waals surface area contributed by atoms with Crippen LogP contribution in [0.3, 0.4) is 0 Å². The van der Waals surface area contributed by atoms with Crippen LogP contribution < -0.4 is 4.74 Å². The van der Waals surface area contributed by atoms with Gasteiger partial charge in [0.1, 0.15) is 5.75 Å². The number of rotatable bonds is 5. The zero-order valence-corrected chi connectivity index (χ0v) is 18.4. The SMILES string of the molecule is Cc1ccc(OCC(=O)N(C2CCCCC2)C2CCCCC2)c(C(C)(C)C)c1. The minimum atomic E-state index is -0.00315. The molecule has 0 N–H and O–H groups in total. The van der Waals surface area contributed by atoms with Crippen molar-refractivity contribution in [1.29, 1.82) is 0 Å². The minimum absolute atomic E-state index is 0.00315. The summed E-state index contributed by atoms with van der Waals surface area (Å²) in [7, 11) is 0. The zero-order chi connectivity index (χ0) is 20.1. The molecule has 0 aliphatic heterocycles. The first-order valence-electron chi connectivity index (χ1n) is 11.4. The number of hydrogen-bond donors (Lipinski definition) is 0. The molecule has 3 heteroatoms. The van der Waals surface area contributed by atoms with Crippen molar-refractivity contribution in [2.75, 3.05) is 6.61 Å². The van der Waals surface area contributed by atoms with Crippen molar-refractivity contribution < 1.29 is 9.53 Å². The normalized spacial score (nSPS) is 19.4. The van der Waals surface area contributed by atoms with Gasteiger partial charge in [-0.1, -0.05) is 77.0 Å². The Morgan fingerprint density at radius 1 is 0.964 bits per heavy atom. The fraction of sp³-hybridized carbons (Fsp3) is 0.720. The summed E-state index contributed by atoms with van der Waals surface area (Å²) in [6, 6.07) is 7.16. The van der Waals surface area contributed by atoms with Crippen LogP contribution in [-0.2, 0) is 10.2 Å². The number of carbonyl (C=O) groups is 1. The van der Waals surface area contributed by atoms with E-state index in [0.29, 0.717) is 12.1 Å². The molecule has 2 saturated carbocycles. The molecule has 2 aliphatic carbocycles. The van der Waals surface area contributed by atoms with E-state index in [1.165, 1.54) is 75.3 Å². The highest BCUT2D eigenvalue weighted by Gasteiger charge is 2.32. The molecule has 0 unspecified atom stereocenters. The van der Waals surface area contributed by atoms with E-state index >= 15 is 0 Å². The molecular formula is C25H39NO2. The summed E-state index contributed by atoms with van der Waals surface area (Å²) in [6.07, 6.45) is 12.3. The second-order valence-corrected chi connectivity index (χ2v) is 9.92. The number of hydrogen-bond acceptors (Lipinski definition) is 2. The molecule has 3 nitrogen and oxygen atoms in total. The monoisotopic (exact) mass is 385 g/mol. The Labute approximate surface area is 171 Å². The van der Waals surface area contributed by atoms with E-state index in [4.69, 9.17) is 4.74 Å². The molecule has 1 aromatic rings. The van der Waals surface area contributed by atoms with Gasteiger partial charge in [0.2, 0.25) is 0 Å². The molecule has 2 fully saturated rings. The Morgan fingerprint density at radius 2 is 1.50 bits per heavy atom. The fourth-order valence-electron chi connectivity index (χ4n) is 4.99. The first-order valence-corrected chi connectivity index (χ1v) is 11.4. The zero-order valence-electron chi connectivity index (χ0n) is 18.4. The summed E-state index contributed by atoms with van der Waals surface area (Å²) in [6.45, 7) is 8.88. The standard InChI is InChI=1S/C25H39NO2/c1-19-15-16-23(22(17-19)25(2,3)4)28-18-24(27)26(20-11-7-5-8-12-20)21-13-9-6-10-14-21/h15-17,20-21H,5-14,18H2,1-4H3. The first kappa shape index (κ1) is 21.2. The maximum absolute atomic E-state index is 13.3. The Bertz CT molecular complexity index is 631. The summed E-state index contributed by atoms with van der Waals surface area (Å²) >= 11 is 0. The summed E-state index contributed by atoms with van der Waals surface area (Å²) in [5, 5.41) is 0. The average molecular weight is 386 g/mol. The summed E-state index contributed by atoms with van der Waals surface area (Å²) in [4.78, 5) is 15.6. The maximum Gasteiger partial charge on any atom is 0.261 e. The van der Waals surface area contributed by atoms with Crippen molar-refractivity contribution in [3.05, 3.63) is 29.3 Å². The summed E-state index contributed by atoms with van der Waals surface area (Å²) in [5.41, 5.74) is 2.41. The van der Waals surface area contributed by atoms with Crippen LogP contribution in [0.5, 0.6) is 5.75 Å². The van der Waals surface area contributed by atoms with E-state index in [1.54, 1.807) is 0 Å². The van der Waals surface area contributed by atoms with Crippen molar-refractivity contribution in [3.8, 4) is 5.75 Å². The van der Waals surface area contributed by atoms with Crippen molar-refractivity contribution in [1.82, 2.24) is 4.90 Å². The number of amides is 1. The van der Waals surface area contributed by atoms with Gasteiger partial charge in [-0.25, -0.2) is 0 Å². The summed E-state index contributed by atoms with van der Waals surface area (Å²) < 4.78 is 6.15. The largest absolute Gasteiger partial charge is 0.483 e. The molecule has 0 radical (unpaired) electrons. The van der Waals surface area contributed by atoms with Crippen LogP contribution in [0.4, 0.5) is 0 Å². The maximum atomic E-state index is 13.3. The van der Waals surface area contributed by atoms with Crippen molar-refractivity contribution >= 4 is 5.91 Å². The van der Waals surface area contributed by atoms with Crippen LogP contribution in [-0.4, -0.2) is 29.5 Å². The second kappa shape index (κ2) is 9.33. The lowest BCUT2D eigenvalue weighted by Gasteiger charge is -2.41. The molecule has 0 heterocycles. The van der Waals surface area contributed by atoms with E-state index in [0.717, 1.165) is 5.75 Å². The molecule has 156 valence electrons. The predicted molar refractivity (Wildman–Crippen MR) is 116 cm³/mol. The molecule has 0 atom stereocenters. The van der Waals surface area contributed by atoms with Gasteiger partial charge in [0.25, 0.3) is 5.91 Å². The molecule has 0 saturated heterocycles. The van der Waals surface area contributed by atoms with Crippen LogP contribution in [0.15, 0.2) is 18.2 Å². The van der Waals surface area contributed by atoms with Gasteiger partial charge >= 0.3 is 0 Å². The van der Waals surface area contributed by atoms with Gasteiger partial charge in [0.15, 0.2) is 6.61 Å². The van der Waals surface area contributed by atoms with Crippen molar-refractivity contribution in [3.63, 3.8) is 0 Å². The third-order valence-electron chi connectivity index (χ3n) is 6.52. The Hall–Kier alpha value is -1.51. The van der Waals surface area contributed by atoms with Gasteiger partial charge in [0.05, 0.1) is 0 Å². The lowest BCUT2D eigenvalue weighted by molar-refractivity contribution is -0.140. The van der Waals surface area contributed by atoms with Crippen LogP contribution in [0, 0.1) is 6.92 Å². The topological polar surface area (TPSA) is 29.5 Å². The van der Waals surface area contributed by atoms with E-state index in [1.807, 2.05) is 6.07 Å². The Morgan fingerprint density at radius 3 is 2.00 bits per heavy atom. The molecule has 0 bridgehead atoms. The van der Waals surface area contributed by atoms with Crippen LogP contribution in [0.1, 0.15) is 96.1 Å².